The number of unbranched alkanes of at least 4 members (excludes halogenated alkanes) is 5. The minimum absolute atomic E-state index is 0.277. The van der Waals surface area contributed by atoms with Crippen molar-refractivity contribution in [1.82, 2.24) is 4.57 Å². The molecule has 0 unspecified atom stereocenters. The second kappa shape index (κ2) is 8.96. The zero-order valence-electron chi connectivity index (χ0n) is 12.0. The van der Waals surface area contributed by atoms with Gasteiger partial charge in [0.15, 0.2) is 5.78 Å². The molecule has 0 bridgehead atoms. The van der Waals surface area contributed by atoms with Crippen LogP contribution in [0.4, 0.5) is 0 Å². The van der Waals surface area contributed by atoms with Gasteiger partial charge in [-0.3, -0.25) is 4.79 Å². The number of aryl methyl sites for hydroxylation is 1. The molecule has 0 aliphatic heterocycles. The first kappa shape index (κ1) is 15.0. The molecule has 1 aromatic heterocycles. The van der Waals surface area contributed by atoms with Crippen molar-refractivity contribution in [3.8, 4) is 0 Å². The summed E-state index contributed by atoms with van der Waals surface area (Å²) in [5.74, 6) is 0.277. The molecule has 2 heteroatoms. The van der Waals surface area contributed by atoms with E-state index in [0.29, 0.717) is 6.42 Å². The van der Waals surface area contributed by atoms with E-state index < -0.39 is 0 Å². The van der Waals surface area contributed by atoms with E-state index in [1.807, 2.05) is 25.4 Å². The third-order valence-electron chi connectivity index (χ3n) is 3.32. The summed E-state index contributed by atoms with van der Waals surface area (Å²) in [5.41, 5.74) is 0.878. The van der Waals surface area contributed by atoms with E-state index in [9.17, 15) is 4.79 Å². The zero-order valence-corrected chi connectivity index (χ0v) is 12.0. The molecule has 1 heterocycles. The highest BCUT2D eigenvalue weighted by Crippen LogP contribution is 2.09. The van der Waals surface area contributed by atoms with E-state index in [0.717, 1.165) is 18.5 Å². The van der Waals surface area contributed by atoms with Gasteiger partial charge in [0.2, 0.25) is 0 Å². The van der Waals surface area contributed by atoms with E-state index in [-0.39, 0.29) is 5.78 Å². The minimum atomic E-state index is 0.277. The summed E-state index contributed by atoms with van der Waals surface area (Å²) < 4.78 is 2.16. The van der Waals surface area contributed by atoms with Crippen molar-refractivity contribution in [2.45, 2.75) is 71.8 Å². The van der Waals surface area contributed by atoms with Crippen LogP contribution in [-0.2, 0) is 6.54 Å². The molecule has 0 aliphatic carbocycles. The van der Waals surface area contributed by atoms with Crippen LogP contribution in [-0.4, -0.2) is 10.4 Å². The monoisotopic (exact) mass is 249 g/mol. The molecule has 18 heavy (non-hydrogen) atoms. The lowest BCUT2D eigenvalue weighted by Gasteiger charge is -2.02. The van der Waals surface area contributed by atoms with E-state index >= 15 is 0 Å². The van der Waals surface area contributed by atoms with Crippen LogP contribution in [0.5, 0.6) is 0 Å². The summed E-state index contributed by atoms with van der Waals surface area (Å²) in [4.78, 5) is 11.7. The van der Waals surface area contributed by atoms with Gasteiger partial charge >= 0.3 is 0 Å². The van der Waals surface area contributed by atoms with Crippen LogP contribution < -0.4 is 0 Å². The van der Waals surface area contributed by atoms with Crippen LogP contribution in [0.25, 0.3) is 0 Å². The van der Waals surface area contributed by atoms with Gasteiger partial charge < -0.3 is 4.57 Å². The summed E-state index contributed by atoms with van der Waals surface area (Å²) in [6, 6.07) is 1.95. The van der Waals surface area contributed by atoms with Crippen LogP contribution in [0.1, 0.15) is 75.6 Å². The lowest BCUT2D eigenvalue weighted by atomic mass is 10.1. The molecule has 0 saturated carbocycles. The first-order valence-corrected chi connectivity index (χ1v) is 7.47. The van der Waals surface area contributed by atoms with Crippen LogP contribution in [0.3, 0.4) is 0 Å². The van der Waals surface area contributed by atoms with E-state index in [1.165, 1.54) is 38.5 Å². The Balaban J connectivity index is 2.21. The van der Waals surface area contributed by atoms with Crippen molar-refractivity contribution in [1.29, 1.82) is 0 Å². The second-order valence-electron chi connectivity index (χ2n) is 5.08. The molecule has 2 nitrogen and oxygen atoms in total. The average Bonchev–Trinajstić information content (AvgIpc) is 2.83. The molecule has 0 aromatic carbocycles. The van der Waals surface area contributed by atoms with Gasteiger partial charge in [0, 0.05) is 30.9 Å². The molecule has 0 fully saturated rings. The number of carbonyl (C=O) groups is 1. The topological polar surface area (TPSA) is 22.0 Å². The molecular weight excluding hydrogens is 222 g/mol. The number of ketones is 1. The van der Waals surface area contributed by atoms with Crippen molar-refractivity contribution < 1.29 is 4.79 Å². The summed E-state index contributed by atoms with van der Waals surface area (Å²) in [7, 11) is 0. The Labute approximate surface area is 111 Å². The van der Waals surface area contributed by atoms with Crippen molar-refractivity contribution in [3.63, 3.8) is 0 Å². The molecule has 0 aliphatic rings. The normalized spacial score (nSPS) is 10.8. The van der Waals surface area contributed by atoms with Gasteiger partial charge in [-0.25, -0.2) is 0 Å². The first-order valence-electron chi connectivity index (χ1n) is 7.47. The molecule has 0 radical (unpaired) electrons. The zero-order chi connectivity index (χ0) is 13.2. The predicted octanol–water partition coefficient (Wildman–Crippen LogP) is 4.83. The van der Waals surface area contributed by atoms with Crippen molar-refractivity contribution in [3.05, 3.63) is 24.0 Å². The maximum atomic E-state index is 11.7. The van der Waals surface area contributed by atoms with Crippen LogP contribution in [0.15, 0.2) is 18.5 Å². The summed E-state index contributed by atoms with van der Waals surface area (Å²) >= 11 is 0. The average molecular weight is 249 g/mol. The molecule has 0 spiro atoms. The van der Waals surface area contributed by atoms with Gasteiger partial charge in [0.1, 0.15) is 0 Å². The van der Waals surface area contributed by atoms with Crippen LogP contribution >= 0.6 is 0 Å². The minimum Gasteiger partial charge on any atom is -0.354 e. The number of nitrogens with zero attached hydrogens (tertiary/aromatic N) is 1. The van der Waals surface area contributed by atoms with Crippen LogP contribution in [0.2, 0.25) is 0 Å². The summed E-state index contributed by atoms with van der Waals surface area (Å²) in [6.07, 6.45) is 13.5. The van der Waals surface area contributed by atoms with Gasteiger partial charge in [0.05, 0.1) is 0 Å². The number of rotatable bonds is 10. The van der Waals surface area contributed by atoms with Crippen molar-refractivity contribution in [2.75, 3.05) is 0 Å². The molecule has 0 saturated heterocycles. The maximum Gasteiger partial charge on any atom is 0.164 e. The quantitative estimate of drug-likeness (QED) is 0.430. The standard InChI is InChI=1S/C16H27NO/c1-3-5-6-7-8-9-12-17-13-11-15(14-17)16(18)10-4-2/h11,13-14H,3-10,12H2,1-2H3. The third kappa shape index (κ3) is 5.52. The van der Waals surface area contributed by atoms with Crippen molar-refractivity contribution in [2.24, 2.45) is 0 Å². The van der Waals surface area contributed by atoms with Gasteiger partial charge in [-0.05, 0) is 18.9 Å². The Morgan fingerprint density at radius 1 is 1.06 bits per heavy atom. The smallest absolute Gasteiger partial charge is 0.164 e. The van der Waals surface area contributed by atoms with E-state index in [1.54, 1.807) is 0 Å². The largest absolute Gasteiger partial charge is 0.354 e. The van der Waals surface area contributed by atoms with Gasteiger partial charge in [-0.2, -0.15) is 0 Å². The fraction of sp³-hybridized carbons (Fsp3) is 0.688. The molecular formula is C16H27NO. The molecule has 1 rings (SSSR count). The highest BCUT2D eigenvalue weighted by Gasteiger charge is 2.05. The Morgan fingerprint density at radius 3 is 2.50 bits per heavy atom. The van der Waals surface area contributed by atoms with Crippen LogP contribution in [0, 0.1) is 0 Å². The maximum absolute atomic E-state index is 11.7. The van der Waals surface area contributed by atoms with E-state index in [2.05, 4.69) is 11.5 Å². The second-order valence-corrected chi connectivity index (χ2v) is 5.08. The molecule has 102 valence electrons. The fourth-order valence-electron chi connectivity index (χ4n) is 2.19. The Morgan fingerprint density at radius 2 is 1.78 bits per heavy atom. The van der Waals surface area contributed by atoms with E-state index in [4.69, 9.17) is 0 Å². The Hall–Kier alpha value is -1.05. The summed E-state index contributed by atoms with van der Waals surface area (Å²) in [6.45, 7) is 5.34. The Bertz CT molecular complexity index is 341. The van der Waals surface area contributed by atoms with Gasteiger partial charge in [-0.15, -0.1) is 0 Å². The predicted molar refractivity (Wildman–Crippen MR) is 77.0 cm³/mol. The molecule has 0 atom stereocenters. The molecule has 0 amide bonds. The lowest BCUT2D eigenvalue weighted by molar-refractivity contribution is 0.0981. The highest BCUT2D eigenvalue weighted by molar-refractivity contribution is 5.95. The summed E-state index contributed by atoms with van der Waals surface area (Å²) in [5, 5.41) is 0. The number of hydrogen-bond donors (Lipinski definition) is 0. The Kier molecular flexibility index (Phi) is 7.47. The molecule has 1 aromatic rings. The number of Topliss-reactive ketones (excluding diaryl/α,β-unsaturated/α-hetero) is 1. The fourth-order valence-corrected chi connectivity index (χ4v) is 2.19. The molecule has 0 N–H and O–H groups in total. The number of hydrogen-bond acceptors (Lipinski definition) is 1. The SMILES string of the molecule is CCCCCCCCn1ccc(C(=O)CCC)c1. The van der Waals surface area contributed by atoms with Gasteiger partial charge in [0.25, 0.3) is 0 Å². The lowest BCUT2D eigenvalue weighted by Crippen LogP contribution is -1.98. The first-order chi connectivity index (χ1) is 8.77. The number of aromatic nitrogens is 1. The number of carbonyl (C=O) groups excluding carboxylic acids is 1. The highest BCUT2D eigenvalue weighted by atomic mass is 16.1. The van der Waals surface area contributed by atoms with Gasteiger partial charge in [-0.1, -0.05) is 46.0 Å². The van der Waals surface area contributed by atoms with Crippen molar-refractivity contribution >= 4 is 5.78 Å². The third-order valence-corrected chi connectivity index (χ3v) is 3.32.